The minimum absolute atomic E-state index is 0.693. The van der Waals surface area contributed by atoms with Crippen LogP contribution < -0.4 is 4.90 Å². The number of benzene rings is 1. The van der Waals surface area contributed by atoms with Crippen molar-refractivity contribution in [3.8, 4) is 0 Å². The van der Waals surface area contributed by atoms with E-state index in [9.17, 15) is 0 Å². The smallest absolute Gasteiger partial charge is 0.139 e. The first kappa shape index (κ1) is 18.6. The zero-order chi connectivity index (χ0) is 19.8. The standard InChI is InChI=1S/C21H20Cl2N6/c22-15-2-4-18-19(10-15)24-14-25-21(18)28-7-1-6-27(8-9-28)12-17-13-29-11-16(23)3-5-20(29)26-17/h2-5,10-11,13-14H,1,6-9,12H2. The highest BCUT2D eigenvalue weighted by molar-refractivity contribution is 6.31. The second kappa shape index (κ2) is 7.78. The first-order chi connectivity index (χ1) is 14.2. The molecule has 0 aliphatic carbocycles. The van der Waals surface area contributed by atoms with Crippen LogP contribution in [-0.2, 0) is 6.54 Å². The van der Waals surface area contributed by atoms with Crippen LogP contribution in [0.25, 0.3) is 16.6 Å². The topological polar surface area (TPSA) is 49.6 Å². The van der Waals surface area contributed by atoms with Crippen LogP contribution in [0, 0.1) is 0 Å². The van der Waals surface area contributed by atoms with Crippen molar-refractivity contribution in [2.75, 3.05) is 31.1 Å². The summed E-state index contributed by atoms with van der Waals surface area (Å²) in [5, 5.41) is 2.45. The van der Waals surface area contributed by atoms with Crippen molar-refractivity contribution in [1.82, 2.24) is 24.3 Å². The summed E-state index contributed by atoms with van der Waals surface area (Å²) < 4.78 is 1.99. The van der Waals surface area contributed by atoms with E-state index in [1.807, 2.05) is 40.9 Å². The third-order valence-corrected chi connectivity index (χ3v) is 5.77. The molecular formula is C21H20Cl2N6. The summed E-state index contributed by atoms with van der Waals surface area (Å²) in [6.07, 6.45) is 6.65. The van der Waals surface area contributed by atoms with Crippen molar-refractivity contribution in [2.45, 2.75) is 13.0 Å². The number of anilines is 1. The minimum atomic E-state index is 0.693. The van der Waals surface area contributed by atoms with Crippen LogP contribution in [-0.4, -0.2) is 50.4 Å². The molecule has 0 saturated carbocycles. The average molecular weight is 427 g/mol. The van der Waals surface area contributed by atoms with E-state index in [0.29, 0.717) is 10.0 Å². The molecule has 1 aromatic carbocycles. The SMILES string of the molecule is Clc1ccc2c(N3CCCN(Cc4cn5cc(Cl)ccc5n4)CC3)ncnc2c1. The summed E-state index contributed by atoms with van der Waals surface area (Å²) in [6.45, 7) is 4.68. The van der Waals surface area contributed by atoms with Crippen molar-refractivity contribution in [1.29, 1.82) is 0 Å². The van der Waals surface area contributed by atoms with Gasteiger partial charge in [-0.15, -0.1) is 0 Å². The van der Waals surface area contributed by atoms with Crippen molar-refractivity contribution in [3.05, 3.63) is 64.8 Å². The van der Waals surface area contributed by atoms with Gasteiger partial charge in [0, 0.05) is 55.5 Å². The van der Waals surface area contributed by atoms with Gasteiger partial charge in [0.05, 0.1) is 16.2 Å². The Hall–Kier alpha value is -2.41. The first-order valence-electron chi connectivity index (χ1n) is 9.66. The number of hydrogen-bond acceptors (Lipinski definition) is 5. The molecule has 0 radical (unpaired) electrons. The van der Waals surface area contributed by atoms with Gasteiger partial charge in [-0.3, -0.25) is 4.90 Å². The summed E-state index contributed by atoms with van der Waals surface area (Å²) >= 11 is 12.2. The summed E-state index contributed by atoms with van der Waals surface area (Å²) in [5.74, 6) is 0.982. The predicted octanol–water partition coefficient (Wildman–Crippen LogP) is 4.30. The van der Waals surface area contributed by atoms with Crippen LogP contribution in [0.1, 0.15) is 12.1 Å². The van der Waals surface area contributed by atoms with E-state index < -0.39 is 0 Å². The third kappa shape index (κ3) is 3.88. The maximum absolute atomic E-state index is 6.12. The van der Waals surface area contributed by atoms with Crippen LogP contribution in [0.5, 0.6) is 0 Å². The molecule has 1 saturated heterocycles. The normalized spacial score (nSPS) is 15.9. The van der Waals surface area contributed by atoms with E-state index >= 15 is 0 Å². The zero-order valence-corrected chi connectivity index (χ0v) is 17.3. The van der Waals surface area contributed by atoms with Crippen LogP contribution in [0.3, 0.4) is 0 Å². The zero-order valence-electron chi connectivity index (χ0n) is 15.8. The summed E-state index contributed by atoms with van der Waals surface area (Å²) in [6, 6.07) is 9.62. The minimum Gasteiger partial charge on any atom is -0.355 e. The number of halogens is 2. The van der Waals surface area contributed by atoms with Gasteiger partial charge in [0.15, 0.2) is 0 Å². The Morgan fingerprint density at radius 2 is 1.79 bits per heavy atom. The molecule has 4 heterocycles. The Bertz CT molecular complexity index is 1170. The van der Waals surface area contributed by atoms with E-state index in [1.54, 1.807) is 6.33 Å². The fourth-order valence-corrected chi connectivity index (χ4v) is 4.27. The van der Waals surface area contributed by atoms with Gasteiger partial charge in [0.1, 0.15) is 17.8 Å². The number of aromatic nitrogens is 4. The maximum atomic E-state index is 6.12. The molecule has 0 amide bonds. The highest BCUT2D eigenvalue weighted by Crippen LogP contribution is 2.26. The van der Waals surface area contributed by atoms with E-state index in [-0.39, 0.29) is 0 Å². The van der Waals surface area contributed by atoms with Crippen molar-refractivity contribution in [3.63, 3.8) is 0 Å². The van der Waals surface area contributed by atoms with Crippen LogP contribution in [0.2, 0.25) is 10.0 Å². The van der Waals surface area contributed by atoms with E-state index in [1.165, 1.54) is 0 Å². The van der Waals surface area contributed by atoms with Crippen LogP contribution >= 0.6 is 23.2 Å². The maximum Gasteiger partial charge on any atom is 0.139 e. The Morgan fingerprint density at radius 3 is 2.72 bits per heavy atom. The van der Waals surface area contributed by atoms with Crippen LogP contribution in [0.4, 0.5) is 5.82 Å². The molecule has 3 aromatic heterocycles. The summed E-state index contributed by atoms with van der Waals surface area (Å²) in [5.41, 5.74) is 2.86. The number of imidazole rings is 1. The lowest BCUT2D eigenvalue weighted by Gasteiger charge is -2.23. The molecule has 5 rings (SSSR count). The highest BCUT2D eigenvalue weighted by Gasteiger charge is 2.19. The molecule has 0 atom stereocenters. The Morgan fingerprint density at radius 1 is 0.897 bits per heavy atom. The molecule has 1 aliphatic heterocycles. The molecule has 0 spiro atoms. The van der Waals surface area contributed by atoms with E-state index in [2.05, 4.69) is 26.0 Å². The molecule has 148 valence electrons. The molecule has 6 nitrogen and oxygen atoms in total. The van der Waals surface area contributed by atoms with Crippen molar-refractivity contribution >= 4 is 45.6 Å². The van der Waals surface area contributed by atoms with Gasteiger partial charge in [-0.2, -0.15) is 0 Å². The number of pyridine rings is 1. The first-order valence-corrected chi connectivity index (χ1v) is 10.4. The van der Waals surface area contributed by atoms with Crippen LogP contribution in [0.15, 0.2) is 49.1 Å². The average Bonchev–Trinajstić information content (AvgIpc) is 2.95. The number of nitrogens with zero attached hydrogens (tertiary/aromatic N) is 6. The second-order valence-corrected chi connectivity index (χ2v) is 8.19. The predicted molar refractivity (Wildman–Crippen MR) is 117 cm³/mol. The van der Waals surface area contributed by atoms with Gasteiger partial charge in [-0.25, -0.2) is 15.0 Å². The lowest BCUT2D eigenvalue weighted by molar-refractivity contribution is 0.282. The Labute approximate surface area is 178 Å². The molecule has 1 aliphatic rings. The Balaban J connectivity index is 1.32. The van der Waals surface area contributed by atoms with Gasteiger partial charge in [-0.1, -0.05) is 23.2 Å². The van der Waals surface area contributed by atoms with Gasteiger partial charge < -0.3 is 9.30 Å². The molecule has 0 N–H and O–H groups in total. The van der Waals surface area contributed by atoms with Gasteiger partial charge >= 0.3 is 0 Å². The van der Waals surface area contributed by atoms with Gasteiger partial charge in [-0.05, 0) is 36.8 Å². The number of rotatable bonds is 3. The van der Waals surface area contributed by atoms with E-state index in [0.717, 1.165) is 67.2 Å². The lowest BCUT2D eigenvalue weighted by atomic mass is 10.2. The second-order valence-electron chi connectivity index (χ2n) is 7.32. The largest absolute Gasteiger partial charge is 0.355 e. The molecule has 1 fully saturated rings. The molecule has 0 unspecified atom stereocenters. The third-order valence-electron chi connectivity index (χ3n) is 5.32. The lowest BCUT2D eigenvalue weighted by Crippen LogP contribution is -2.31. The molecule has 4 aromatic rings. The summed E-state index contributed by atoms with van der Waals surface area (Å²) in [7, 11) is 0. The van der Waals surface area contributed by atoms with E-state index in [4.69, 9.17) is 28.2 Å². The summed E-state index contributed by atoms with van der Waals surface area (Å²) in [4.78, 5) is 18.5. The fraction of sp³-hybridized carbons (Fsp3) is 0.286. The van der Waals surface area contributed by atoms with Gasteiger partial charge in [0.2, 0.25) is 0 Å². The highest BCUT2D eigenvalue weighted by atomic mass is 35.5. The Kier molecular flexibility index (Phi) is 4.99. The number of fused-ring (bicyclic) bond motifs is 2. The number of hydrogen-bond donors (Lipinski definition) is 0. The molecule has 29 heavy (non-hydrogen) atoms. The monoisotopic (exact) mass is 426 g/mol. The van der Waals surface area contributed by atoms with Crippen molar-refractivity contribution in [2.24, 2.45) is 0 Å². The molecular weight excluding hydrogens is 407 g/mol. The molecule has 8 heteroatoms. The molecule has 0 bridgehead atoms. The van der Waals surface area contributed by atoms with Crippen molar-refractivity contribution < 1.29 is 0 Å². The van der Waals surface area contributed by atoms with Gasteiger partial charge in [0.25, 0.3) is 0 Å². The fourth-order valence-electron chi connectivity index (χ4n) is 3.93. The quantitative estimate of drug-likeness (QED) is 0.488.